The van der Waals surface area contributed by atoms with E-state index >= 15 is 0 Å². The number of rotatable bonds is 3. The van der Waals surface area contributed by atoms with Crippen molar-refractivity contribution in [1.82, 2.24) is 0 Å². The van der Waals surface area contributed by atoms with Crippen molar-refractivity contribution >= 4 is 23.1 Å². The molecule has 0 aliphatic heterocycles. The molecule has 4 heteroatoms. The first kappa shape index (κ1) is 14.4. The Morgan fingerprint density at radius 1 is 1.20 bits per heavy atom. The highest BCUT2D eigenvalue weighted by Gasteiger charge is 2.20. The van der Waals surface area contributed by atoms with Gasteiger partial charge in [-0.25, -0.2) is 0 Å². The van der Waals surface area contributed by atoms with Gasteiger partial charge in [0.1, 0.15) is 5.75 Å². The van der Waals surface area contributed by atoms with Crippen LogP contribution < -0.4 is 10.5 Å². The lowest BCUT2D eigenvalue weighted by Crippen LogP contribution is -2.09. The van der Waals surface area contributed by atoms with Crippen molar-refractivity contribution in [2.75, 3.05) is 12.8 Å². The highest BCUT2D eigenvalue weighted by atomic mass is 35.5. The lowest BCUT2D eigenvalue weighted by atomic mass is 9.97. The number of carbonyl (C=O) groups excluding carboxylic acids is 1. The minimum atomic E-state index is -0.229. The molecule has 3 nitrogen and oxygen atoms in total. The second kappa shape index (κ2) is 5.55. The van der Waals surface area contributed by atoms with E-state index in [1.165, 1.54) is 7.11 Å². The Morgan fingerprint density at radius 3 is 2.50 bits per heavy atom. The molecule has 0 bridgehead atoms. The Bertz CT molecular complexity index is 680. The third kappa shape index (κ3) is 2.49. The lowest BCUT2D eigenvalue weighted by Gasteiger charge is -2.12. The van der Waals surface area contributed by atoms with Crippen molar-refractivity contribution in [3.05, 3.63) is 57.6 Å². The van der Waals surface area contributed by atoms with E-state index in [9.17, 15) is 4.79 Å². The van der Waals surface area contributed by atoms with Crippen LogP contribution >= 0.6 is 11.6 Å². The van der Waals surface area contributed by atoms with Crippen molar-refractivity contribution in [2.45, 2.75) is 13.8 Å². The van der Waals surface area contributed by atoms with E-state index in [0.717, 1.165) is 11.1 Å². The van der Waals surface area contributed by atoms with Crippen LogP contribution in [0.2, 0.25) is 5.02 Å². The number of hydrogen-bond donors (Lipinski definition) is 1. The zero-order chi connectivity index (χ0) is 14.9. The van der Waals surface area contributed by atoms with Crippen molar-refractivity contribution in [1.29, 1.82) is 0 Å². The molecule has 2 aromatic carbocycles. The molecule has 0 aliphatic carbocycles. The predicted molar refractivity (Wildman–Crippen MR) is 81.8 cm³/mol. The molecule has 0 radical (unpaired) electrons. The quantitative estimate of drug-likeness (QED) is 0.691. The van der Waals surface area contributed by atoms with E-state index in [1.807, 2.05) is 13.8 Å². The molecule has 2 aromatic rings. The second-order valence-corrected chi connectivity index (χ2v) is 5.08. The van der Waals surface area contributed by atoms with Crippen molar-refractivity contribution < 1.29 is 9.53 Å². The molecule has 104 valence electrons. The summed E-state index contributed by atoms with van der Waals surface area (Å²) in [6.45, 7) is 3.89. The fourth-order valence-corrected chi connectivity index (χ4v) is 2.35. The van der Waals surface area contributed by atoms with Crippen LogP contribution in [-0.4, -0.2) is 12.9 Å². The Morgan fingerprint density at radius 2 is 1.85 bits per heavy atom. The third-order valence-electron chi connectivity index (χ3n) is 3.33. The number of hydrogen-bond acceptors (Lipinski definition) is 3. The van der Waals surface area contributed by atoms with E-state index in [4.69, 9.17) is 22.1 Å². The second-order valence-electron chi connectivity index (χ2n) is 4.67. The van der Waals surface area contributed by atoms with Crippen molar-refractivity contribution in [3.8, 4) is 5.75 Å². The molecule has 0 aromatic heterocycles. The first-order valence-electron chi connectivity index (χ1n) is 6.19. The Hall–Kier alpha value is -2.00. The first-order chi connectivity index (χ1) is 9.45. The van der Waals surface area contributed by atoms with E-state index in [2.05, 4.69) is 0 Å². The van der Waals surface area contributed by atoms with Crippen LogP contribution in [0.15, 0.2) is 30.3 Å². The number of methoxy groups -OCH3 is 1. The molecule has 20 heavy (non-hydrogen) atoms. The molecule has 0 amide bonds. The van der Waals surface area contributed by atoms with Crippen molar-refractivity contribution in [2.24, 2.45) is 0 Å². The topological polar surface area (TPSA) is 52.3 Å². The van der Waals surface area contributed by atoms with E-state index in [0.29, 0.717) is 27.6 Å². The maximum atomic E-state index is 12.7. The summed E-state index contributed by atoms with van der Waals surface area (Å²) >= 11 is 6.19. The lowest BCUT2D eigenvalue weighted by molar-refractivity contribution is 0.103. The smallest absolute Gasteiger partial charge is 0.200 e. The molecule has 2 rings (SSSR count). The summed E-state index contributed by atoms with van der Waals surface area (Å²) < 4.78 is 5.22. The minimum Gasteiger partial charge on any atom is -0.496 e. The third-order valence-corrected chi connectivity index (χ3v) is 3.65. The van der Waals surface area contributed by atoms with Gasteiger partial charge in [0.05, 0.1) is 17.7 Å². The van der Waals surface area contributed by atoms with Gasteiger partial charge >= 0.3 is 0 Å². The maximum absolute atomic E-state index is 12.7. The fraction of sp³-hybridized carbons (Fsp3) is 0.188. The number of halogens is 1. The largest absolute Gasteiger partial charge is 0.496 e. The van der Waals surface area contributed by atoms with Gasteiger partial charge in [0, 0.05) is 11.3 Å². The van der Waals surface area contributed by atoms with Crippen LogP contribution in [0.3, 0.4) is 0 Å². The van der Waals surface area contributed by atoms with Crippen LogP contribution in [0.1, 0.15) is 27.0 Å². The van der Waals surface area contributed by atoms with Gasteiger partial charge in [0.15, 0.2) is 5.78 Å². The Balaban J connectivity index is 2.61. The van der Waals surface area contributed by atoms with E-state index < -0.39 is 0 Å². The molecule has 0 heterocycles. The summed E-state index contributed by atoms with van der Waals surface area (Å²) in [6, 6.07) is 8.69. The monoisotopic (exact) mass is 289 g/mol. The number of nitrogen functional groups attached to an aromatic ring is 1. The summed E-state index contributed by atoms with van der Waals surface area (Å²) in [5, 5.41) is 0.420. The van der Waals surface area contributed by atoms with Gasteiger partial charge in [-0.3, -0.25) is 4.79 Å². The molecule has 0 atom stereocenters. The van der Waals surface area contributed by atoms with Gasteiger partial charge in [-0.2, -0.15) is 0 Å². The summed E-state index contributed by atoms with van der Waals surface area (Å²) in [5.74, 6) is 0.220. The Kier molecular flexibility index (Phi) is 4.00. The number of benzene rings is 2. The summed E-state index contributed by atoms with van der Waals surface area (Å²) in [7, 11) is 1.51. The van der Waals surface area contributed by atoms with Crippen LogP contribution in [0.25, 0.3) is 0 Å². The molecule has 0 aliphatic rings. The van der Waals surface area contributed by atoms with Crippen molar-refractivity contribution in [3.63, 3.8) is 0 Å². The average molecular weight is 290 g/mol. The van der Waals surface area contributed by atoms with Gasteiger partial charge in [0.2, 0.25) is 0 Å². The molecule has 0 spiro atoms. The van der Waals surface area contributed by atoms with Gasteiger partial charge in [-0.1, -0.05) is 17.7 Å². The fourth-order valence-electron chi connectivity index (χ4n) is 2.05. The highest BCUT2D eigenvalue weighted by molar-refractivity contribution is 6.35. The molecule has 0 saturated carbocycles. The minimum absolute atomic E-state index is 0.229. The van der Waals surface area contributed by atoms with Crippen LogP contribution in [0.4, 0.5) is 5.69 Å². The number of nitrogens with two attached hydrogens (primary N) is 1. The normalized spacial score (nSPS) is 10.4. The van der Waals surface area contributed by atoms with Gasteiger partial charge in [-0.15, -0.1) is 0 Å². The van der Waals surface area contributed by atoms with Gasteiger partial charge in [0.25, 0.3) is 0 Å². The number of ketones is 1. The van der Waals surface area contributed by atoms with Crippen LogP contribution in [-0.2, 0) is 0 Å². The first-order valence-corrected chi connectivity index (χ1v) is 6.57. The molecule has 0 unspecified atom stereocenters. The van der Waals surface area contributed by atoms with Gasteiger partial charge in [-0.05, 0) is 49.2 Å². The molecular formula is C16H16ClNO2. The summed E-state index contributed by atoms with van der Waals surface area (Å²) in [4.78, 5) is 12.7. The zero-order valence-corrected chi connectivity index (χ0v) is 12.4. The van der Waals surface area contributed by atoms with E-state index in [1.54, 1.807) is 30.3 Å². The SMILES string of the molecule is COc1cccc(N)c1C(=O)c1cc(C)c(C)cc1Cl. The number of anilines is 1. The molecule has 2 N–H and O–H groups in total. The molecular weight excluding hydrogens is 274 g/mol. The Labute approximate surface area is 123 Å². The number of ether oxygens (including phenoxy) is 1. The maximum Gasteiger partial charge on any atom is 0.200 e. The van der Waals surface area contributed by atoms with Crippen LogP contribution in [0.5, 0.6) is 5.75 Å². The van der Waals surface area contributed by atoms with Gasteiger partial charge < -0.3 is 10.5 Å². The van der Waals surface area contributed by atoms with Crippen LogP contribution in [0, 0.1) is 13.8 Å². The summed E-state index contributed by atoms with van der Waals surface area (Å²) in [5.41, 5.74) is 9.12. The zero-order valence-electron chi connectivity index (χ0n) is 11.7. The predicted octanol–water partition coefficient (Wildman–Crippen LogP) is 3.78. The highest BCUT2D eigenvalue weighted by Crippen LogP contribution is 2.30. The molecule has 0 saturated heterocycles. The average Bonchev–Trinajstić information content (AvgIpc) is 2.41. The summed E-state index contributed by atoms with van der Waals surface area (Å²) in [6.07, 6.45) is 0. The standard InChI is InChI=1S/C16H16ClNO2/c1-9-7-11(12(17)8-10(9)2)16(19)15-13(18)5-4-6-14(15)20-3/h4-8H,18H2,1-3H3. The number of carbonyl (C=O) groups is 1. The number of aryl methyl sites for hydroxylation is 2. The van der Waals surface area contributed by atoms with E-state index in [-0.39, 0.29) is 5.78 Å². The molecule has 0 fully saturated rings.